The van der Waals surface area contributed by atoms with E-state index in [9.17, 15) is 0 Å². The fourth-order valence-corrected chi connectivity index (χ4v) is 3.21. The lowest BCUT2D eigenvalue weighted by molar-refractivity contribution is 0.156. The van der Waals surface area contributed by atoms with E-state index in [2.05, 4.69) is 34.5 Å². The smallest absolute Gasteiger partial charge is 0.0239 e. The molecule has 2 heteroatoms. The summed E-state index contributed by atoms with van der Waals surface area (Å²) in [4.78, 5) is 2.71. The van der Waals surface area contributed by atoms with Crippen LogP contribution in [0.15, 0.2) is 24.3 Å². The molecular weight excluding hydrogens is 208 g/mol. The Morgan fingerprint density at radius 3 is 2.65 bits per heavy atom. The van der Waals surface area contributed by atoms with Gasteiger partial charge in [-0.25, -0.2) is 0 Å². The van der Waals surface area contributed by atoms with Crippen LogP contribution < -0.4 is 5.32 Å². The van der Waals surface area contributed by atoms with E-state index in [0.29, 0.717) is 0 Å². The molecule has 92 valence electrons. The maximum absolute atomic E-state index is 3.46. The lowest BCUT2D eigenvalue weighted by Crippen LogP contribution is -2.42. The number of rotatable bonds is 1. The van der Waals surface area contributed by atoms with Crippen molar-refractivity contribution in [2.24, 2.45) is 0 Å². The highest BCUT2D eigenvalue weighted by Crippen LogP contribution is 2.22. The molecule has 0 aliphatic carbocycles. The Bertz CT molecular complexity index is 369. The van der Waals surface area contributed by atoms with Crippen LogP contribution in [-0.4, -0.2) is 30.6 Å². The second-order valence-corrected chi connectivity index (χ2v) is 5.32. The average molecular weight is 230 g/mol. The number of nitrogens with one attached hydrogen (secondary N) is 1. The summed E-state index contributed by atoms with van der Waals surface area (Å²) in [6.45, 7) is 4.84. The number of aryl methyl sites for hydroxylation is 1. The molecule has 1 saturated heterocycles. The van der Waals surface area contributed by atoms with E-state index in [1.165, 1.54) is 51.9 Å². The highest BCUT2D eigenvalue weighted by atomic mass is 15.2. The van der Waals surface area contributed by atoms with Crippen molar-refractivity contribution in [3.63, 3.8) is 0 Å². The lowest BCUT2D eigenvalue weighted by atomic mass is 10.0. The van der Waals surface area contributed by atoms with Gasteiger partial charge in [-0.2, -0.15) is 0 Å². The second-order valence-electron chi connectivity index (χ2n) is 5.32. The summed E-state index contributed by atoms with van der Waals surface area (Å²) in [5, 5.41) is 3.46. The minimum Gasteiger partial charge on any atom is -0.317 e. The molecule has 17 heavy (non-hydrogen) atoms. The van der Waals surface area contributed by atoms with Gasteiger partial charge in [0, 0.05) is 12.6 Å². The first-order chi connectivity index (χ1) is 8.43. The predicted molar refractivity (Wildman–Crippen MR) is 71.1 cm³/mol. The van der Waals surface area contributed by atoms with E-state index in [1.54, 1.807) is 11.1 Å². The van der Waals surface area contributed by atoms with Crippen LogP contribution in [0.3, 0.4) is 0 Å². The Balaban J connectivity index is 1.75. The Morgan fingerprint density at radius 2 is 1.82 bits per heavy atom. The molecule has 0 bridgehead atoms. The summed E-state index contributed by atoms with van der Waals surface area (Å²) < 4.78 is 0. The van der Waals surface area contributed by atoms with Gasteiger partial charge in [-0.1, -0.05) is 24.3 Å². The Hall–Kier alpha value is -0.860. The lowest BCUT2D eigenvalue weighted by Gasteiger charge is -2.34. The van der Waals surface area contributed by atoms with Crippen LogP contribution >= 0.6 is 0 Å². The fraction of sp³-hybridized carbons (Fsp3) is 0.600. The molecule has 0 saturated carbocycles. The van der Waals surface area contributed by atoms with Gasteiger partial charge in [0.05, 0.1) is 0 Å². The molecular formula is C15H22N2. The first-order valence-electron chi connectivity index (χ1n) is 6.95. The zero-order valence-corrected chi connectivity index (χ0v) is 10.5. The highest BCUT2D eigenvalue weighted by Gasteiger charge is 2.23. The number of piperidine rings is 1. The fourth-order valence-electron chi connectivity index (χ4n) is 3.21. The zero-order valence-electron chi connectivity index (χ0n) is 10.5. The normalized spacial score (nSPS) is 23.1. The molecule has 1 fully saturated rings. The van der Waals surface area contributed by atoms with Crippen molar-refractivity contribution in [1.29, 1.82) is 0 Å². The van der Waals surface area contributed by atoms with Crippen LogP contribution in [-0.2, 0) is 13.0 Å². The molecule has 1 N–H and O–H groups in total. The quantitative estimate of drug-likeness (QED) is 0.795. The molecule has 0 spiro atoms. The van der Waals surface area contributed by atoms with Crippen LogP contribution in [0.4, 0.5) is 0 Å². The minimum absolute atomic E-state index is 0.808. The van der Waals surface area contributed by atoms with Gasteiger partial charge in [0.15, 0.2) is 0 Å². The van der Waals surface area contributed by atoms with Gasteiger partial charge in [0.1, 0.15) is 0 Å². The number of benzene rings is 1. The van der Waals surface area contributed by atoms with Crippen molar-refractivity contribution in [3.8, 4) is 0 Å². The van der Waals surface area contributed by atoms with Gasteiger partial charge >= 0.3 is 0 Å². The van der Waals surface area contributed by atoms with Crippen molar-refractivity contribution < 1.29 is 0 Å². The van der Waals surface area contributed by atoms with E-state index in [0.717, 1.165) is 6.04 Å². The summed E-state index contributed by atoms with van der Waals surface area (Å²) in [6.07, 6.45) is 5.23. The number of hydrogen-bond donors (Lipinski definition) is 1. The van der Waals surface area contributed by atoms with Gasteiger partial charge in [-0.15, -0.1) is 0 Å². The van der Waals surface area contributed by atoms with Crippen molar-refractivity contribution in [2.45, 2.75) is 38.3 Å². The first kappa shape index (κ1) is 11.2. The van der Waals surface area contributed by atoms with Crippen LogP contribution in [0, 0.1) is 0 Å². The van der Waals surface area contributed by atoms with Crippen LogP contribution in [0.25, 0.3) is 0 Å². The van der Waals surface area contributed by atoms with Gasteiger partial charge in [-0.3, -0.25) is 4.90 Å². The molecule has 2 heterocycles. The van der Waals surface area contributed by atoms with Crippen LogP contribution in [0.2, 0.25) is 0 Å². The van der Waals surface area contributed by atoms with Gasteiger partial charge in [0.2, 0.25) is 0 Å². The van der Waals surface area contributed by atoms with Gasteiger partial charge < -0.3 is 5.32 Å². The Kier molecular flexibility index (Phi) is 3.44. The predicted octanol–water partition coefficient (Wildman–Crippen LogP) is 2.19. The molecule has 2 aliphatic heterocycles. The molecule has 3 rings (SSSR count). The minimum atomic E-state index is 0.808. The van der Waals surface area contributed by atoms with Crippen LogP contribution in [0.1, 0.15) is 30.4 Å². The average Bonchev–Trinajstić information content (AvgIpc) is 2.62. The maximum Gasteiger partial charge on any atom is 0.0239 e. The van der Waals surface area contributed by atoms with E-state index >= 15 is 0 Å². The summed E-state index contributed by atoms with van der Waals surface area (Å²) in [7, 11) is 0. The number of fused-ring (bicyclic) bond motifs is 1. The third-order valence-corrected chi connectivity index (χ3v) is 4.21. The van der Waals surface area contributed by atoms with Gasteiger partial charge in [-0.05, 0) is 56.4 Å². The third-order valence-electron chi connectivity index (χ3n) is 4.21. The Labute approximate surface area is 104 Å². The summed E-state index contributed by atoms with van der Waals surface area (Å²) >= 11 is 0. The first-order valence-corrected chi connectivity index (χ1v) is 6.95. The van der Waals surface area contributed by atoms with E-state index in [-0.39, 0.29) is 0 Å². The van der Waals surface area contributed by atoms with E-state index in [4.69, 9.17) is 0 Å². The standard InChI is InChI=1S/C15H22N2/c1-2-5-14-12-17(11-3-6-13(14)4-1)15-7-9-16-10-8-15/h1-2,4-5,15-16H,3,6-12H2. The zero-order chi connectivity index (χ0) is 11.5. The molecule has 0 amide bonds. The molecule has 0 aromatic heterocycles. The second kappa shape index (κ2) is 5.19. The topological polar surface area (TPSA) is 15.3 Å². The number of hydrogen-bond acceptors (Lipinski definition) is 2. The highest BCUT2D eigenvalue weighted by molar-refractivity contribution is 5.28. The van der Waals surface area contributed by atoms with Crippen LogP contribution in [0.5, 0.6) is 0 Å². The van der Waals surface area contributed by atoms with Crippen molar-refractivity contribution in [2.75, 3.05) is 19.6 Å². The Morgan fingerprint density at radius 1 is 1.06 bits per heavy atom. The van der Waals surface area contributed by atoms with Crippen molar-refractivity contribution in [1.82, 2.24) is 10.2 Å². The maximum atomic E-state index is 3.46. The third kappa shape index (κ3) is 2.53. The molecule has 0 unspecified atom stereocenters. The van der Waals surface area contributed by atoms with Gasteiger partial charge in [0.25, 0.3) is 0 Å². The summed E-state index contributed by atoms with van der Waals surface area (Å²) in [5.41, 5.74) is 3.13. The summed E-state index contributed by atoms with van der Waals surface area (Å²) in [5.74, 6) is 0. The SMILES string of the molecule is c1ccc2c(c1)CCCN(C1CCNCC1)C2. The van der Waals surface area contributed by atoms with Crippen molar-refractivity contribution in [3.05, 3.63) is 35.4 Å². The monoisotopic (exact) mass is 230 g/mol. The molecule has 1 aromatic rings. The largest absolute Gasteiger partial charge is 0.317 e. The molecule has 2 nitrogen and oxygen atoms in total. The molecule has 0 radical (unpaired) electrons. The van der Waals surface area contributed by atoms with E-state index < -0.39 is 0 Å². The van der Waals surface area contributed by atoms with E-state index in [1.807, 2.05) is 0 Å². The van der Waals surface area contributed by atoms with Crippen molar-refractivity contribution >= 4 is 0 Å². The molecule has 1 aromatic carbocycles. The summed E-state index contributed by atoms with van der Waals surface area (Å²) in [6, 6.07) is 9.79. The molecule has 2 aliphatic rings. The number of nitrogens with zero attached hydrogens (tertiary/aromatic N) is 1. The molecule has 0 atom stereocenters.